The quantitative estimate of drug-likeness (QED) is 0.494. The molecule has 1 aliphatic heterocycles. The molecule has 0 radical (unpaired) electrons. The van der Waals surface area contributed by atoms with Gasteiger partial charge < -0.3 is 19.8 Å². The second-order valence-electron chi connectivity index (χ2n) is 7.36. The fourth-order valence-electron chi connectivity index (χ4n) is 3.52. The Kier molecular flexibility index (Phi) is 4.48. The molecule has 0 unspecified atom stereocenters. The van der Waals surface area contributed by atoms with Crippen LogP contribution in [0.5, 0.6) is 11.5 Å². The molecule has 30 heavy (non-hydrogen) atoms. The summed E-state index contributed by atoms with van der Waals surface area (Å²) >= 11 is 0. The van der Waals surface area contributed by atoms with Gasteiger partial charge in [0, 0.05) is 22.7 Å². The second kappa shape index (κ2) is 7.44. The zero-order valence-electron chi connectivity index (χ0n) is 16.5. The molecule has 0 aliphatic carbocycles. The second-order valence-corrected chi connectivity index (χ2v) is 7.36. The summed E-state index contributed by atoms with van der Waals surface area (Å²) in [6.07, 6.45) is 4.00. The Morgan fingerprint density at radius 1 is 1.00 bits per heavy atom. The third kappa shape index (κ3) is 3.65. The molecule has 0 spiro atoms. The zero-order valence-corrected chi connectivity index (χ0v) is 16.5. The maximum absolute atomic E-state index is 9.74. The summed E-state index contributed by atoms with van der Waals surface area (Å²) in [4.78, 5) is 11.5. The molecule has 0 atom stereocenters. The third-order valence-electron chi connectivity index (χ3n) is 5.02. The molecule has 5 rings (SSSR count). The number of rotatable bonds is 4. The zero-order chi connectivity index (χ0) is 20.5. The van der Waals surface area contributed by atoms with Gasteiger partial charge in [0.15, 0.2) is 0 Å². The van der Waals surface area contributed by atoms with Gasteiger partial charge in [0.05, 0.1) is 21.8 Å². The smallest absolute Gasteiger partial charge is 0.145 e. The minimum Gasteiger partial charge on any atom is -0.508 e. The van der Waals surface area contributed by atoms with E-state index in [0.717, 1.165) is 49.7 Å². The fourth-order valence-corrected chi connectivity index (χ4v) is 3.52. The predicted octanol–water partition coefficient (Wildman–Crippen LogP) is 1.99. The summed E-state index contributed by atoms with van der Waals surface area (Å²) in [5.74, 6) is 0.993. The third-order valence-corrected chi connectivity index (χ3v) is 5.02. The van der Waals surface area contributed by atoms with Crippen LogP contribution in [0.25, 0.3) is 17.8 Å². The number of aromatic amines is 2. The van der Waals surface area contributed by atoms with Crippen LogP contribution in [-0.2, 0) is 6.61 Å². The summed E-state index contributed by atoms with van der Waals surface area (Å²) in [6, 6.07) is 21.3. The lowest BCUT2D eigenvalue weighted by atomic mass is 10.2. The Morgan fingerprint density at radius 2 is 1.87 bits per heavy atom. The van der Waals surface area contributed by atoms with Gasteiger partial charge in [-0.2, -0.15) is 0 Å². The van der Waals surface area contributed by atoms with E-state index in [2.05, 4.69) is 15.0 Å². The number of phenols is 1. The lowest BCUT2D eigenvalue weighted by molar-refractivity contribution is 0.304. The van der Waals surface area contributed by atoms with Crippen LogP contribution in [0.15, 0.2) is 71.7 Å². The van der Waals surface area contributed by atoms with E-state index in [1.165, 1.54) is 0 Å². The van der Waals surface area contributed by atoms with E-state index in [9.17, 15) is 5.11 Å². The molecule has 5 nitrogen and oxygen atoms in total. The van der Waals surface area contributed by atoms with Crippen molar-refractivity contribution in [3.05, 3.63) is 105 Å². The van der Waals surface area contributed by atoms with Crippen LogP contribution in [0.3, 0.4) is 0 Å². The van der Waals surface area contributed by atoms with Crippen molar-refractivity contribution in [3.63, 3.8) is 0 Å². The van der Waals surface area contributed by atoms with Crippen molar-refractivity contribution in [2.45, 2.75) is 13.5 Å². The van der Waals surface area contributed by atoms with Gasteiger partial charge in [-0.25, -0.2) is 4.99 Å². The largest absolute Gasteiger partial charge is 0.508 e. The number of nitrogens with one attached hydrogen (secondary N) is 2. The molecule has 0 amide bonds. The number of H-pyrrole nitrogens is 2. The summed E-state index contributed by atoms with van der Waals surface area (Å²) in [6.45, 7) is 2.51. The first-order valence-electron chi connectivity index (χ1n) is 9.81. The number of aryl methyl sites for hydroxylation is 1. The monoisotopic (exact) mass is 395 g/mol. The highest BCUT2D eigenvalue weighted by Crippen LogP contribution is 2.09. The number of benzene rings is 2. The van der Waals surface area contributed by atoms with Crippen molar-refractivity contribution in [1.29, 1.82) is 0 Å². The topological polar surface area (TPSA) is 73.4 Å². The van der Waals surface area contributed by atoms with E-state index in [0.29, 0.717) is 6.61 Å². The van der Waals surface area contributed by atoms with Crippen LogP contribution in [0.4, 0.5) is 0 Å². The minimum atomic E-state index is 0.232. The van der Waals surface area contributed by atoms with Gasteiger partial charge in [-0.1, -0.05) is 30.3 Å². The average Bonchev–Trinajstić information content (AvgIpc) is 3.45. The van der Waals surface area contributed by atoms with Crippen molar-refractivity contribution in [3.8, 4) is 11.5 Å². The number of phenolic OH excluding ortho intramolecular Hbond substituents is 1. The molecule has 3 heterocycles. The molecule has 3 N–H and O–H groups in total. The van der Waals surface area contributed by atoms with Crippen LogP contribution in [0.1, 0.15) is 17.0 Å². The number of hydrogen-bond acceptors (Lipinski definition) is 3. The molecule has 0 fully saturated rings. The Labute approximate surface area is 173 Å². The van der Waals surface area contributed by atoms with Crippen molar-refractivity contribution in [2.24, 2.45) is 4.99 Å². The molecule has 0 saturated heterocycles. The first-order valence-corrected chi connectivity index (χ1v) is 9.81. The van der Waals surface area contributed by atoms with Crippen LogP contribution in [0, 0.1) is 6.92 Å². The number of aromatic hydroxyl groups is 1. The normalized spacial score (nSPS) is 14.9. The van der Waals surface area contributed by atoms with Gasteiger partial charge in [0.2, 0.25) is 0 Å². The molecular formula is C25H21N3O2. The number of nitrogens with zero attached hydrogens (tertiary/aromatic N) is 1. The highest BCUT2D eigenvalue weighted by atomic mass is 16.5. The molecule has 0 saturated carbocycles. The van der Waals surface area contributed by atoms with E-state index < -0.39 is 0 Å². The molecule has 0 bridgehead atoms. The molecule has 2 aromatic heterocycles. The molecular weight excluding hydrogens is 374 g/mol. The first-order chi connectivity index (χ1) is 14.6. The van der Waals surface area contributed by atoms with Gasteiger partial charge in [-0.05, 0) is 55.0 Å². The Hall–Kier alpha value is -3.99. The van der Waals surface area contributed by atoms with Crippen molar-refractivity contribution >= 4 is 17.8 Å². The molecule has 148 valence electrons. The van der Waals surface area contributed by atoms with E-state index >= 15 is 0 Å². The summed E-state index contributed by atoms with van der Waals surface area (Å²) in [5, 5.41) is 13.2. The van der Waals surface area contributed by atoms with Gasteiger partial charge in [-0.15, -0.1) is 0 Å². The number of aromatic nitrogens is 2. The van der Waals surface area contributed by atoms with E-state index in [1.54, 1.807) is 12.1 Å². The maximum Gasteiger partial charge on any atom is 0.145 e. The van der Waals surface area contributed by atoms with Crippen LogP contribution in [-0.4, -0.2) is 15.1 Å². The minimum absolute atomic E-state index is 0.232. The summed E-state index contributed by atoms with van der Waals surface area (Å²) in [7, 11) is 0. The van der Waals surface area contributed by atoms with Gasteiger partial charge >= 0.3 is 0 Å². The average molecular weight is 395 g/mol. The van der Waals surface area contributed by atoms with Crippen LogP contribution in [0.2, 0.25) is 0 Å². The van der Waals surface area contributed by atoms with Gasteiger partial charge in [-0.3, -0.25) is 0 Å². The number of hydrogen-bond donors (Lipinski definition) is 3. The summed E-state index contributed by atoms with van der Waals surface area (Å²) in [5.41, 5.74) is 4.01. The highest BCUT2D eigenvalue weighted by Gasteiger charge is 2.08. The summed E-state index contributed by atoms with van der Waals surface area (Å²) < 4.78 is 6.15. The predicted molar refractivity (Wildman–Crippen MR) is 117 cm³/mol. The molecule has 1 aliphatic rings. The maximum atomic E-state index is 9.74. The molecule has 5 heteroatoms. The van der Waals surface area contributed by atoms with Crippen LogP contribution >= 0.6 is 0 Å². The van der Waals surface area contributed by atoms with Crippen LogP contribution < -0.4 is 26.0 Å². The van der Waals surface area contributed by atoms with E-state index in [-0.39, 0.29) is 5.75 Å². The molecule has 2 aromatic carbocycles. The highest BCUT2D eigenvalue weighted by molar-refractivity contribution is 5.77. The Morgan fingerprint density at radius 3 is 2.67 bits per heavy atom. The van der Waals surface area contributed by atoms with Crippen molar-refractivity contribution in [1.82, 2.24) is 9.97 Å². The standard InChI is InChI=1S/C25H21N3O2/c1-16-7-8-19(26-16)13-24-25(30-15-17-5-3-2-4-6-17)14-23(28-24)22-12-18-11-20(29)9-10-21(18)27-22/h2-14,26,28-29H,15H2,1H3/b23-22-,24-13+. The SMILES string of the molecule is Cc1ccc(/C=c2/[nH]/c(=C3/C=c4cc(O)ccc4=N3)cc2OCc2ccccc2)[nH]1. The lowest BCUT2D eigenvalue weighted by Gasteiger charge is -2.03. The van der Waals surface area contributed by atoms with Crippen molar-refractivity contribution in [2.75, 3.05) is 0 Å². The number of ether oxygens (including phenoxy) is 1. The lowest BCUT2D eigenvalue weighted by Crippen LogP contribution is -2.19. The van der Waals surface area contributed by atoms with Gasteiger partial charge in [0.1, 0.15) is 18.1 Å². The molecule has 4 aromatic rings. The van der Waals surface area contributed by atoms with Crippen molar-refractivity contribution < 1.29 is 9.84 Å². The number of fused-ring (bicyclic) bond motifs is 1. The Bertz CT molecular complexity index is 1460. The van der Waals surface area contributed by atoms with E-state index in [4.69, 9.17) is 4.74 Å². The van der Waals surface area contributed by atoms with Gasteiger partial charge in [0.25, 0.3) is 0 Å². The van der Waals surface area contributed by atoms with E-state index in [1.807, 2.05) is 73.7 Å². The Balaban J connectivity index is 1.60. The fraction of sp³-hybridized carbons (Fsp3) is 0.0800. The first kappa shape index (κ1) is 18.1.